The molecule has 0 fully saturated rings. The van der Waals surface area contributed by atoms with Gasteiger partial charge in [0, 0.05) is 18.7 Å². The second-order valence-corrected chi connectivity index (χ2v) is 4.08. The second-order valence-electron chi connectivity index (χ2n) is 4.08. The van der Waals surface area contributed by atoms with Gasteiger partial charge in [-0.05, 0) is 24.6 Å². The molecule has 0 atom stereocenters. The van der Waals surface area contributed by atoms with Crippen molar-refractivity contribution >= 4 is 0 Å². The maximum Gasteiger partial charge on any atom is 0.0709 e. The molecule has 0 aliphatic carbocycles. The predicted molar refractivity (Wildman–Crippen MR) is 70.2 cm³/mol. The van der Waals surface area contributed by atoms with Crippen LogP contribution >= 0.6 is 0 Å². The summed E-state index contributed by atoms with van der Waals surface area (Å²) in [6.07, 6.45) is 0. The average Bonchev–Trinajstić information content (AvgIpc) is 2.38. The number of benzene rings is 1. The Morgan fingerprint density at radius 2 is 1.88 bits per heavy atom. The van der Waals surface area contributed by atoms with E-state index in [2.05, 4.69) is 30.1 Å². The van der Waals surface area contributed by atoms with Gasteiger partial charge in [-0.3, -0.25) is 4.98 Å². The molecule has 17 heavy (non-hydrogen) atoms. The van der Waals surface area contributed by atoms with Crippen molar-refractivity contribution in [3.63, 3.8) is 0 Å². The van der Waals surface area contributed by atoms with Crippen molar-refractivity contribution in [2.75, 3.05) is 0 Å². The molecule has 0 saturated carbocycles. The van der Waals surface area contributed by atoms with Gasteiger partial charge in [-0.1, -0.05) is 29.8 Å². The van der Waals surface area contributed by atoms with Crippen molar-refractivity contribution in [1.29, 1.82) is 0 Å². The molecule has 4 N–H and O–H groups in total. The smallest absolute Gasteiger partial charge is 0.0709 e. The Morgan fingerprint density at radius 1 is 1.06 bits per heavy atom. The molecule has 0 aliphatic rings. The van der Waals surface area contributed by atoms with Crippen LogP contribution in [0.4, 0.5) is 0 Å². The average molecular weight is 227 g/mol. The van der Waals surface area contributed by atoms with Crippen molar-refractivity contribution in [2.24, 2.45) is 11.5 Å². The van der Waals surface area contributed by atoms with Crippen LogP contribution < -0.4 is 11.5 Å². The van der Waals surface area contributed by atoms with Gasteiger partial charge in [0.05, 0.1) is 11.4 Å². The summed E-state index contributed by atoms with van der Waals surface area (Å²) in [5.41, 5.74) is 16.6. The minimum atomic E-state index is 0.456. The third-order valence-electron chi connectivity index (χ3n) is 2.77. The van der Waals surface area contributed by atoms with Gasteiger partial charge >= 0.3 is 0 Å². The summed E-state index contributed by atoms with van der Waals surface area (Å²) >= 11 is 0. The fourth-order valence-corrected chi connectivity index (χ4v) is 1.88. The number of nitrogens with zero attached hydrogens (tertiary/aromatic N) is 1. The first-order valence-electron chi connectivity index (χ1n) is 5.70. The summed E-state index contributed by atoms with van der Waals surface area (Å²) in [5, 5.41) is 0. The molecule has 3 nitrogen and oxygen atoms in total. The van der Waals surface area contributed by atoms with Gasteiger partial charge in [0.25, 0.3) is 0 Å². The van der Waals surface area contributed by atoms with Gasteiger partial charge in [0.15, 0.2) is 0 Å². The maximum atomic E-state index is 5.77. The quantitative estimate of drug-likeness (QED) is 0.842. The molecule has 1 heterocycles. The highest BCUT2D eigenvalue weighted by Crippen LogP contribution is 2.23. The van der Waals surface area contributed by atoms with Crippen LogP contribution in [0.15, 0.2) is 36.4 Å². The molecule has 0 aliphatic heterocycles. The molecule has 1 aromatic heterocycles. The lowest BCUT2D eigenvalue weighted by Crippen LogP contribution is -2.03. The van der Waals surface area contributed by atoms with Gasteiger partial charge in [0.1, 0.15) is 0 Å². The zero-order valence-corrected chi connectivity index (χ0v) is 9.98. The van der Waals surface area contributed by atoms with Gasteiger partial charge in [-0.25, -0.2) is 0 Å². The number of hydrogen-bond acceptors (Lipinski definition) is 3. The van der Waals surface area contributed by atoms with E-state index in [0.717, 1.165) is 22.5 Å². The largest absolute Gasteiger partial charge is 0.326 e. The van der Waals surface area contributed by atoms with E-state index < -0.39 is 0 Å². The zero-order valence-electron chi connectivity index (χ0n) is 9.98. The lowest BCUT2D eigenvalue weighted by molar-refractivity contribution is 0.989. The van der Waals surface area contributed by atoms with E-state index >= 15 is 0 Å². The number of pyridine rings is 1. The summed E-state index contributed by atoms with van der Waals surface area (Å²) in [5.74, 6) is 0. The Labute approximate surface area is 101 Å². The van der Waals surface area contributed by atoms with Crippen molar-refractivity contribution < 1.29 is 0 Å². The van der Waals surface area contributed by atoms with Crippen LogP contribution in [0.25, 0.3) is 11.3 Å². The molecule has 1 aromatic carbocycles. The van der Waals surface area contributed by atoms with Crippen molar-refractivity contribution in [2.45, 2.75) is 20.0 Å². The number of aromatic nitrogens is 1. The number of hydrogen-bond donors (Lipinski definition) is 2. The van der Waals surface area contributed by atoms with Crippen LogP contribution in [0.1, 0.15) is 16.8 Å². The summed E-state index contributed by atoms with van der Waals surface area (Å²) < 4.78 is 0. The molecule has 0 amide bonds. The summed E-state index contributed by atoms with van der Waals surface area (Å²) in [7, 11) is 0. The SMILES string of the molecule is Cc1ccc(-c2cccc(CN)n2)c(CN)c1. The highest BCUT2D eigenvalue weighted by atomic mass is 14.7. The first-order chi connectivity index (χ1) is 8.24. The Bertz CT molecular complexity index is 521. The van der Waals surface area contributed by atoms with E-state index in [9.17, 15) is 0 Å². The number of rotatable bonds is 3. The van der Waals surface area contributed by atoms with Crippen LogP contribution in [-0.4, -0.2) is 4.98 Å². The highest BCUT2D eigenvalue weighted by Gasteiger charge is 2.06. The van der Waals surface area contributed by atoms with Gasteiger partial charge in [0.2, 0.25) is 0 Å². The predicted octanol–water partition coefficient (Wildman–Crippen LogP) is 1.97. The first kappa shape index (κ1) is 11.8. The second kappa shape index (κ2) is 5.08. The normalized spacial score (nSPS) is 10.5. The van der Waals surface area contributed by atoms with Crippen LogP contribution in [-0.2, 0) is 13.1 Å². The van der Waals surface area contributed by atoms with Crippen molar-refractivity contribution in [3.8, 4) is 11.3 Å². The lowest BCUT2D eigenvalue weighted by atomic mass is 10.0. The van der Waals surface area contributed by atoms with E-state index in [-0.39, 0.29) is 0 Å². The highest BCUT2D eigenvalue weighted by molar-refractivity contribution is 5.64. The Morgan fingerprint density at radius 3 is 2.59 bits per heavy atom. The molecule has 0 saturated heterocycles. The fraction of sp³-hybridized carbons (Fsp3) is 0.214. The van der Waals surface area contributed by atoms with Gasteiger partial charge < -0.3 is 11.5 Å². The maximum absolute atomic E-state index is 5.77. The number of aryl methyl sites for hydroxylation is 1. The van der Waals surface area contributed by atoms with E-state index in [1.165, 1.54) is 5.56 Å². The van der Waals surface area contributed by atoms with Crippen LogP contribution in [0.5, 0.6) is 0 Å². The van der Waals surface area contributed by atoms with E-state index in [1.807, 2.05) is 18.2 Å². The monoisotopic (exact) mass is 227 g/mol. The summed E-state index contributed by atoms with van der Waals surface area (Å²) in [6.45, 7) is 3.04. The summed E-state index contributed by atoms with van der Waals surface area (Å²) in [6, 6.07) is 12.1. The Kier molecular flexibility index (Phi) is 3.52. The number of nitrogens with two attached hydrogens (primary N) is 2. The first-order valence-corrected chi connectivity index (χ1v) is 5.70. The molecule has 2 aromatic rings. The van der Waals surface area contributed by atoms with E-state index in [4.69, 9.17) is 11.5 Å². The van der Waals surface area contributed by atoms with Crippen LogP contribution in [0, 0.1) is 6.92 Å². The van der Waals surface area contributed by atoms with E-state index in [1.54, 1.807) is 0 Å². The minimum absolute atomic E-state index is 0.456. The molecule has 0 unspecified atom stereocenters. The van der Waals surface area contributed by atoms with Gasteiger partial charge in [-0.2, -0.15) is 0 Å². The third kappa shape index (κ3) is 2.52. The fourth-order valence-electron chi connectivity index (χ4n) is 1.88. The molecule has 3 heteroatoms. The topological polar surface area (TPSA) is 64.9 Å². The minimum Gasteiger partial charge on any atom is -0.326 e. The Hall–Kier alpha value is -1.71. The van der Waals surface area contributed by atoms with Crippen molar-refractivity contribution in [1.82, 2.24) is 4.98 Å². The third-order valence-corrected chi connectivity index (χ3v) is 2.77. The molecule has 0 spiro atoms. The Balaban J connectivity index is 2.51. The van der Waals surface area contributed by atoms with Crippen LogP contribution in [0.2, 0.25) is 0 Å². The van der Waals surface area contributed by atoms with Gasteiger partial charge in [-0.15, -0.1) is 0 Å². The molecule has 88 valence electrons. The molecular weight excluding hydrogens is 210 g/mol. The van der Waals surface area contributed by atoms with Crippen LogP contribution in [0.3, 0.4) is 0 Å². The summed E-state index contributed by atoms with van der Waals surface area (Å²) in [4.78, 5) is 4.52. The zero-order chi connectivity index (χ0) is 12.3. The standard InChI is InChI=1S/C14H17N3/c1-10-5-6-13(11(7-10)8-15)14-4-2-3-12(9-16)17-14/h2-7H,8-9,15-16H2,1H3. The lowest BCUT2D eigenvalue weighted by Gasteiger charge is -2.09. The van der Waals surface area contributed by atoms with E-state index in [0.29, 0.717) is 13.1 Å². The molecule has 2 rings (SSSR count). The molecule has 0 radical (unpaired) electrons. The van der Waals surface area contributed by atoms with Crippen molar-refractivity contribution in [3.05, 3.63) is 53.2 Å². The molecular formula is C14H17N3. The molecule has 0 bridgehead atoms.